The van der Waals surface area contributed by atoms with Crippen molar-refractivity contribution in [2.45, 2.75) is 51.9 Å². The summed E-state index contributed by atoms with van der Waals surface area (Å²) >= 11 is 0. The van der Waals surface area contributed by atoms with Gasteiger partial charge in [0.2, 0.25) is 5.56 Å². The standard InChI is InChI=1S/C13H20BNO4/c1-8(16)11-9(6-7-10(17)15-11)14-18-12(2,3)13(4,5)19-14/h6-8,16H,1-5H3,(H,15,17). The van der Waals surface area contributed by atoms with Gasteiger partial charge in [-0.1, -0.05) is 6.07 Å². The van der Waals surface area contributed by atoms with Crippen LogP contribution < -0.4 is 11.0 Å². The Morgan fingerprint density at radius 3 is 2.21 bits per heavy atom. The molecule has 0 spiro atoms. The highest BCUT2D eigenvalue weighted by Gasteiger charge is 2.52. The summed E-state index contributed by atoms with van der Waals surface area (Å²) < 4.78 is 11.9. The lowest BCUT2D eigenvalue weighted by atomic mass is 9.77. The molecule has 6 heteroatoms. The van der Waals surface area contributed by atoms with Crippen LogP contribution in [0, 0.1) is 0 Å². The van der Waals surface area contributed by atoms with Gasteiger partial charge in [0.05, 0.1) is 17.3 Å². The molecule has 2 rings (SSSR count). The molecule has 1 aliphatic heterocycles. The molecule has 1 unspecified atom stereocenters. The van der Waals surface area contributed by atoms with Gasteiger partial charge in [0.1, 0.15) is 0 Å². The minimum atomic E-state index is -0.789. The summed E-state index contributed by atoms with van der Waals surface area (Å²) in [5, 5.41) is 9.77. The van der Waals surface area contributed by atoms with Crippen LogP contribution in [0.2, 0.25) is 0 Å². The lowest BCUT2D eigenvalue weighted by Crippen LogP contribution is -2.41. The largest absolute Gasteiger partial charge is 0.496 e. The number of hydrogen-bond donors (Lipinski definition) is 2. The van der Waals surface area contributed by atoms with E-state index >= 15 is 0 Å². The van der Waals surface area contributed by atoms with Crippen LogP contribution in [0.15, 0.2) is 16.9 Å². The minimum absolute atomic E-state index is 0.254. The molecule has 0 bridgehead atoms. The molecule has 0 amide bonds. The fourth-order valence-corrected chi connectivity index (χ4v) is 2.02. The van der Waals surface area contributed by atoms with E-state index in [-0.39, 0.29) is 5.56 Å². The first-order chi connectivity index (χ1) is 8.64. The van der Waals surface area contributed by atoms with Crippen molar-refractivity contribution >= 4 is 12.6 Å². The molecule has 0 aromatic carbocycles. The number of pyridine rings is 1. The highest BCUT2D eigenvalue weighted by molar-refractivity contribution is 6.62. The summed E-state index contributed by atoms with van der Waals surface area (Å²) in [5.41, 5.74) is -0.0662. The Hall–Kier alpha value is -1.11. The summed E-state index contributed by atoms with van der Waals surface area (Å²) in [6.07, 6.45) is -0.789. The lowest BCUT2D eigenvalue weighted by molar-refractivity contribution is 0.00578. The van der Waals surface area contributed by atoms with E-state index in [1.807, 2.05) is 27.7 Å². The molecule has 104 valence electrons. The molecule has 1 saturated heterocycles. The van der Waals surface area contributed by atoms with Crippen molar-refractivity contribution in [2.24, 2.45) is 0 Å². The van der Waals surface area contributed by atoms with Gasteiger partial charge in [-0.3, -0.25) is 4.79 Å². The monoisotopic (exact) mass is 265 g/mol. The molecule has 1 atom stereocenters. The summed E-state index contributed by atoms with van der Waals surface area (Å²) in [4.78, 5) is 14.0. The number of nitrogens with one attached hydrogen (secondary N) is 1. The molecule has 5 nitrogen and oxygen atoms in total. The molecular weight excluding hydrogens is 245 g/mol. The van der Waals surface area contributed by atoms with Crippen LogP contribution in [0.5, 0.6) is 0 Å². The van der Waals surface area contributed by atoms with Crippen LogP contribution in [0.3, 0.4) is 0 Å². The quantitative estimate of drug-likeness (QED) is 0.773. The number of aliphatic hydroxyl groups is 1. The van der Waals surface area contributed by atoms with Crippen molar-refractivity contribution in [3.05, 3.63) is 28.2 Å². The molecular formula is C13H20BNO4. The Morgan fingerprint density at radius 2 is 1.74 bits per heavy atom. The minimum Gasteiger partial charge on any atom is -0.399 e. The maximum absolute atomic E-state index is 11.4. The SMILES string of the molecule is CC(O)c1[nH]c(=O)ccc1B1OC(C)(C)C(C)(C)O1. The van der Waals surface area contributed by atoms with E-state index in [0.717, 1.165) is 0 Å². The molecule has 1 fully saturated rings. The van der Waals surface area contributed by atoms with Crippen LogP contribution in [0.25, 0.3) is 0 Å². The smallest absolute Gasteiger partial charge is 0.399 e. The van der Waals surface area contributed by atoms with Gasteiger partial charge in [-0.2, -0.15) is 0 Å². The van der Waals surface area contributed by atoms with Crippen molar-refractivity contribution < 1.29 is 14.4 Å². The Kier molecular flexibility index (Phi) is 3.37. The average Bonchev–Trinajstić information content (AvgIpc) is 2.47. The summed E-state index contributed by atoms with van der Waals surface area (Å²) in [6.45, 7) is 9.43. The summed E-state index contributed by atoms with van der Waals surface area (Å²) in [5.74, 6) is 0. The highest BCUT2D eigenvalue weighted by Crippen LogP contribution is 2.36. The van der Waals surface area contributed by atoms with E-state index in [2.05, 4.69) is 4.98 Å². The second kappa shape index (κ2) is 4.47. The van der Waals surface area contributed by atoms with Crippen molar-refractivity contribution in [2.75, 3.05) is 0 Å². The first-order valence-corrected chi connectivity index (χ1v) is 6.41. The van der Waals surface area contributed by atoms with Gasteiger partial charge in [0.25, 0.3) is 0 Å². The molecule has 0 saturated carbocycles. The predicted octanol–water partition coefficient (Wildman–Crippen LogP) is 0.727. The van der Waals surface area contributed by atoms with Gasteiger partial charge in [-0.25, -0.2) is 0 Å². The number of hydrogen-bond acceptors (Lipinski definition) is 4. The van der Waals surface area contributed by atoms with Crippen LogP contribution in [-0.2, 0) is 9.31 Å². The Morgan fingerprint density at radius 1 is 1.21 bits per heavy atom. The zero-order valence-corrected chi connectivity index (χ0v) is 12.0. The third-order valence-electron chi connectivity index (χ3n) is 3.91. The fraction of sp³-hybridized carbons (Fsp3) is 0.615. The van der Waals surface area contributed by atoms with Gasteiger partial charge in [0.15, 0.2) is 0 Å². The maximum Gasteiger partial charge on any atom is 0.496 e. The van der Waals surface area contributed by atoms with Gasteiger partial charge in [-0.05, 0) is 34.6 Å². The normalized spacial score (nSPS) is 22.5. The first kappa shape index (κ1) is 14.3. The summed E-state index contributed by atoms with van der Waals surface area (Å²) in [6, 6.07) is 3.05. The average molecular weight is 265 g/mol. The van der Waals surface area contributed by atoms with E-state index in [1.54, 1.807) is 13.0 Å². The van der Waals surface area contributed by atoms with E-state index < -0.39 is 24.4 Å². The first-order valence-electron chi connectivity index (χ1n) is 6.41. The van der Waals surface area contributed by atoms with E-state index in [4.69, 9.17) is 9.31 Å². The highest BCUT2D eigenvalue weighted by atomic mass is 16.7. The van der Waals surface area contributed by atoms with Gasteiger partial charge < -0.3 is 19.4 Å². The van der Waals surface area contributed by atoms with Crippen LogP contribution in [0.1, 0.15) is 46.4 Å². The molecule has 1 aromatic heterocycles. The van der Waals surface area contributed by atoms with Crippen molar-refractivity contribution in [1.29, 1.82) is 0 Å². The molecule has 0 aliphatic carbocycles. The zero-order chi connectivity index (χ0) is 14.4. The second-order valence-electron chi connectivity index (χ2n) is 5.96. The van der Waals surface area contributed by atoms with E-state index in [1.165, 1.54) is 6.07 Å². The Bertz CT molecular complexity index is 520. The number of rotatable bonds is 2. The fourth-order valence-electron chi connectivity index (χ4n) is 2.02. The van der Waals surface area contributed by atoms with Gasteiger partial charge in [0, 0.05) is 17.2 Å². The molecule has 0 radical (unpaired) electrons. The van der Waals surface area contributed by atoms with Gasteiger partial charge >= 0.3 is 7.12 Å². The topological polar surface area (TPSA) is 71.5 Å². The summed E-state index contributed by atoms with van der Waals surface area (Å²) in [7, 11) is -0.591. The number of aromatic amines is 1. The van der Waals surface area contributed by atoms with Crippen LogP contribution in [-0.4, -0.2) is 28.4 Å². The van der Waals surface area contributed by atoms with E-state index in [9.17, 15) is 9.90 Å². The third-order valence-corrected chi connectivity index (χ3v) is 3.91. The second-order valence-corrected chi connectivity index (χ2v) is 5.96. The zero-order valence-electron chi connectivity index (χ0n) is 12.0. The molecule has 2 N–H and O–H groups in total. The number of aromatic nitrogens is 1. The molecule has 19 heavy (non-hydrogen) atoms. The number of aliphatic hydroxyl groups excluding tert-OH is 1. The predicted molar refractivity (Wildman–Crippen MR) is 73.4 cm³/mol. The third kappa shape index (κ3) is 2.48. The number of H-pyrrole nitrogens is 1. The van der Waals surface area contributed by atoms with Gasteiger partial charge in [-0.15, -0.1) is 0 Å². The van der Waals surface area contributed by atoms with Crippen molar-refractivity contribution in [3.63, 3.8) is 0 Å². The van der Waals surface area contributed by atoms with Crippen LogP contribution in [0.4, 0.5) is 0 Å². The van der Waals surface area contributed by atoms with Crippen molar-refractivity contribution in [1.82, 2.24) is 4.98 Å². The Balaban J connectivity index is 2.42. The lowest BCUT2D eigenvalue weighted by Gasteiger charge is -2.32. The van der Waals surface area contributed by atoms with E-state index in [0.29, 0.717) is 11.2 Å². The van der Waals surface area contributed by atoms with Crippen molar-refractivity contribution in [3.8, 4) is 0 Å². The van der Waals surface area contributed by atoms with Crippen LogP contribution >= 0.6 is 0 Å². The molecule has 2 heterocycles. The Labute approximate surface area is 113 Å². The molecule has 1 aliphatic rings. The molecule has 1 aromatic rings. The maximum atomic E-state index is 11.4.